The highest BCUT2D eigenvalue weighted by Gasteiger charge is 2.09. The molecule has 0 aromatic carbocycles. The Labute approximate surface area is 195 Å². The minimum Gasteiger partial charge on any atom is -0.463 e. The van der Waals surface area contributed by atoms with Crippen LogP contribution in [-0.4, -0.2) is 47.4 Å². The van der Waals surface area contributed by atoms with E-state index in [1.165, 1.54) is 44.9 Å². The summed E-state index contributed by atoms with van der Waals surface area (Å²) in [4.78, 5) is 33.6. The van der Waals surface area contributed by atoms with E-state index in [4.69, 9.17) is 14.9 Å². The molecule has 0 saturated carbocycles. The van der Waals surface area contributed by atoms with Crippen molar-refractivity contribution in [2.45, 2.75) is 130 Å². The topological polar surface area (TPSA) is 110 Å². The third-order valence-corrected chi connectivity index (χ3v) is 4.80. The largest absolute Gasteiger partial charge is 0.463 e. The van der Waals surface area contributed by atoms with Crippen LogP contribution < -0.4 is 0 Å². The molecular formula is C25H48O7. The zero-order chi connectivity index (χ0) is 24.5. The van der Waals surface area contributed by atoms with Crippen LogP contribution in [0.1, 0.15) is 124 Å². The number of unbranched alkanes of at least 4 members (excludes halogenated alkanes) is 10. The first kappa shape index (κ1) is 32.7. The molecule has 0 heterocycles. The van der Waals surface area contributed by atoms with Crippen molar-refractivity contribution in [3.05, 3.63) is 0 Å². The first-order chi connectivity index (χ1) is 15.4. The normalized spacial score (nSPS) is 11.3. The van der Waals surface area contributed by atoms with Gasteiger partial charge in [-0.2, -0.15) is 0 Å². The molecule has 7 nitrogen and oxygen atoms in total. The van der Waals surface area contributed by atoms with E-state index < -0.39 is 6.10 Å². The van der Waals surface area contributed by atoms with Crippen LogP contribution in [0.15, 0.2) is 0 Å². The highest BCUT2D eigenvalue weighted by molar-refractivity contribution is 5.85. The van der Waals surface area contributed by atoms with Gasteiger partial charge in [-0.25, -0.2) is 0 Å². The Kier molecular flexibility index (Phi) is 26.4. The Bertz CT molecular complexity index is 452. The number of hydrogen-bond acceptors (Lipinski definition) is 7. The molecular weight excluding hydrogens is 412 g/mol. The van der Waals surface area contributed by atoms with Crippen molar-refractivity contribution in [1.82, 2.24) is 0 Å². The van der Waals surface area contributed by atoms with Crippen LogP contribution in [0, 0.1) is 0 Å². The van der Waals surface area contributed by atoms with Crippen molar-refractivity contribution in [3.8, 4) is 0 Å². The molecule has 0 rings (SSSR count). The lowest BCUT2D eigenvalue weighted by Gasteiger charge is -2.07. The van der Waals surface area contributed by atoms with Crippen LogP contribution >= 0.6 is 0 Å². The van der Waals surface area contributed by atoms with E-state index in [1.807, 2.05) is 6.92 Å². The summed E-state index contributed by atoms with van der Waals surface area (Å²) in [6.45, 7) is 5.74. The van der Waals surface area contributed by atoms with E-state index in [1.54, 1.807) is 0 Å². The number of hydrogen-bond donors (Lipinski definition) is 2. The van der Waals surface area contributed by atoms with Gasteiger partial charge < -0.3 is 19.7 Å². The summed E-state index contributed by atoms with van der Waals surface area (Å²) in [6, 6.07) is 0. The number of rotatable bonds is 19. The molecule has 7 heteroatoms. The van der Waals surface area contributed by atoms with Gasteiger partial charge in [-0.1, -0.05) is 85.0 Å². The predicted octanol–water partition coefficient (Wildman–Crippen LogP) is 5.24. The van der Waals surface area contributed by atoms with Gasteiger partial charge >= 0.3 is 17.9 Å². The Balaban J connectivity index is 0. The lowest BCUT2D eigenvalue weighted by molar-refractivity contribution is -0.159. The van der Waals surface area contributed by atoms with Crippen molar-refractivity contribution < 1.29 is 34.1 Å². The highest BCUT2D eigenvalue weighted by atomic mass is 16.6. The van der Waals surface area contributed by atoms with Crippen molar-refractivity contribution >= 4 is 17.9 Å². The molecule has 0 bridgehead atoms. The van der Waals surface area contributed by atoms with Gasteiger partial charge in [-0.05, 0) is 19.3 Å². The molecule has 0 saturated heterocycles. The van der Waals surface area contributed by atoms with Crippen molar-refractivity contribution in [1.29, 1.82) is 0 Å². The quantitative estimate of drug-likeness (QED) is 0.154. The van der Waals surface area contributed by atoms with Gasteiger partial charge in [0.15, 0.2) is 0 Å². The second-order valence-corrected chi connectivity index (χ2v) is 8.15. The second kappa shape index (κ2) is 25.8. The summed E-state index contributed by atoms with van der Waals surface area (Å²) in [6.07, 6.45) is 14.5. The molecule has 0 amide bonds. The standard InChI is InChI=1S/C18H34O3.C7H14O4/c1-3-5-7-9-10-12-14-16-18(20)21-17(19)15-13-11-8-6-4-2;1-2-3-7(10)11-5-6(9)4-8/h3-16H2,1-2H3;6,8-9H,2-5H2,1H3. The first-order valence-electron chi connectivity index (χ1n) is 12.6. The number of aliphatic hydroxyl groups excluding tert-OH is 2. The van der Waals surface area contributed by atoms with Crippen molar-refractivity contribution in [3.63, 3.8) is 0 Å². The molecule has 0 aromatic rings. The van der Waals surface area contributed by atoms with Crippen LogP contribution in [0.2, 0.25) is 0 Å². The average Bonchev–Trinajstić information content (AvgIpc) is 2.77. The number of esters is 3. The summed E-state index contributed by atoms with van der Waals surface area (Å²) in [5, 5.41) is 17.1. The number of carbonyl (C=O) groups is 3. The maximum absolute atomic E-state index is 11.5. The second-order valence-electron chi connectivity index (χ2n) is 8.15. The van der Waals surface area contributed by atoms with Crippen LogP contribution in [0.5, 0.6) is 0 Å². The lowest BCUT2D eigenvalue weighted by atomic mass is 10.1. The van der Waals surface area contributed by atoms with Gasteiger partial charge in [0.2, 0.25) is 0 Å². The third-order valence-electron chi connectivity index (χ3n) is 4.80. The molecule has 0 aliphatic heterocycles. The fourth-order valence-electron chi connectivity index (χ4n) is 2.85. The van der Waals surface area contributed by atoms with Gasteiger partial charge in [0.1, 0.15) is 12.7 Å². The smallest absolute Gasteiger partial charge is 0.313 e. The highest BCUT2D eigenvalue weighted by Crippen LogP contribution is 2.10. The molecule has 32 heavy (non-hydrogen) atoms. The van der Waals surface area contributed by atoms with Crippen LogP contribution in [0.4, 0.5) is 0 Å². The third kappa shape index (κ3) is 26.6. The SMILES string of the molecule is CCCC(=O)OCC(O)CO.CCCCCCCCCC(=O)OC(=O)CCCCCCC. The lowest BCUT2D eigenvalue weighted by Crippen LogP contribution is -2.21. The van der Waals surface area contributed by atoms with Crippen LogP contribution in [-0.2, 0) is 23.9 Å². The number of aliphatic hydroxyl groups is 2. The summed E-state index contributed by atoms with van der Waals surface area (Å²) in [5.41, 5.74) is 0. The van der Waals surface area contributed by atoms with E-state index in [2.05, 4.69) is 18.6 Å². The minimum absolute atomic E-state index is 0.116. The average molecular weight is 461 g/mol. The summed E-state index contributed by atoms with van der Waals surface area (Å²) >= 11 is 0. The summed E-state index contributed by atoms with van der Waals surface area (Å²) in [5.74, 6) is -1.03. The molecule has 0 aromatic heterocycles. The van der Waals surface area contributed by atoms with E-state index >= 15 is 0 Å². The maximum atomic E-state index is 11.5. The fraction of sp³-hybridized carbons (Fsp3) is 0.880. The molecule has 0 aliphatic carbocycles. The molecule has 1 atom stereocenters. The van der Waals surface area contributed by atoms with Gasteiger partial charge in [0, 0.05) is 19.3 Å². The molecule has 0 fully saturated rings. The summed E-state index contributed by atoms with van der Waals surface area (Å²) in [7, 11) is 0. The van der Waals surface area contributed by atoms with E-state index in [-0.39, 0.29) is 31.1 Å². The zero-order valence-electron chi connectivity index (χ0n) is 20.7. The fourth-order valence-corrected chi connectivity index (χ4v) is 2.85. The Morgan fingerprint density at radius 3 is 1.47 bits per heavy atom. The van der Waals surface area contributed by atoms with Gasteiger partial charge in [-0.3, -0.25) is 14.4 Å². The first-order valence-corrected chi connectivity index (χ1v) is 12.6. The van der Waals surface area contributed by atoms with E-state index in [9.17, 15) is 14.4 Å². The van der Waals surface area contributed by atoms with E-state index in [0.717, 1.165) is 38.5 Å². The van der Waals surface area contributed by atoms with Gasteiger partial charge in [0.05, 0.1) is 6.61 Å². The molecule has 0 radical (unpaired) electrons. The Morgan fingerprint density at radius 1 is 0.625 bits per heavy atom. The number of carbonyl (C=O) groups excluding carboxylic acids is 3. The summed E-state index contributed by atoms with van der Waals surface area (Å²) < 4.78 is 9.41. The van der Waals surface area contributed by atoms with Crippen molar-refractivity contribution in [2.75, 3.05) is 13.2 Å². The minimum atomic E-state index is -0.948. The van der Waals surface area contributed by atoms with Crippen LogP contribution in [0.25, 0.3) is 0 Å². The molecule has 190 valence electrons. The molecule has 2 N–H and O–H groups in total. The molecule has 0 spiro atoms. The van der Waals surface area contributed by atoms with E-state index in [0.29, 0.717) is 19.3 Å². The van der Waals surface area contributed by atoms with Gasteiger partial charge in [-0.15, -0.1) is 0 Å². The van der Waals surface area contributed by atoms with Crippen molar-refractivity contribution in [2.24, 2.45) is 0 Å². The number of ether oxygens (including phenoxy) is 2. The molecule has 0 aliphatic rings. The maximum Gasteiger partial charge on any atom is 0.313 e. The van der Waals surface area contributed by atoms with Gasteiger partial charge in [0.25, 0.3) is 0 Å². The predicted molar refractivity (Wildman–Crippen MR) is 126 cm³/mol. The Morgan fingerprint density at radius 2 is 1.06 bits per heavy atom. The van der Waals surface area contributed by atoms with Crippen LogP contribution in [0.3, 0.4) is 0 Å². The zero-order valence-corrected chi connectivity index (χ0v) is 20.7. The Hall–Kier alpha value is -1.47. The molecule has 1 unspecified atom stereocenters. The monoisotopic (exact) mass is 460 g/mol.